The monoisotopic (exact) mass is 701 g/mol. The van der Waals surface area contributed by atoms with Crippen molar-refractivity contribution in [2.75, 3.05) is 6.26 Å². The Labute approximate surface area is 300 Å². The van der Waals surface area contributed by atoms with Crippen LogP contribution in [0.15, 0.2) is 156 Å². The summed E-state index contributed by atoms with van der Waals surface area (Å²) >= 11 is 1.19. The molecule has 0 fully saturated rings. The van der Waals surface area contributed by atoms with Crippen molar-refractivity contribution >= 4 is 32.1 Å². The zero-order valence-electron chi connectivity index (χ0n) is 27.6. The maximum absolute atomic E-state index is 12.3. The number of fused-ring (bicyclic) bond motifs is 1. The molecule has 1 aliphatic rings. The van der Waals surface area contributed by atoms with Crippen molar-refractivity contribution in [3.63, 3.8) is 0 Å². The van der Waals surface area contributed by atoms with Crippen molar-refractivity contribution in [2.24, 2.45) is 5.92 Å². The van der Waals surface area contributed by atoms with E-state index in [1.165, 1.54) is 23.9 Å². The number of nitriles is 1. The van der Waals surface area contributed by atoms with Crippen molar-refractivity contribution in [3.8, 4) is 39.0 Å². The molecule has 9 heteroatoms. The molecule has 3 heterocycles. The van der Waals surface area contributed by atoms with Gasteiger partial charge in [0.15, 0.2) is 9.84 Å². The number of hydrogen-bond acceptors (Lipinski definition) is 7. The van der Waals surface area contributed by atoms with E-state index in [1.807, 2.05) is 42.5 Å². The van der Waals surface area contributed by atoms with E-state index in [4.69, 9.17) is 5.10 Å². The van der Waals surface area contributed by atoms with Crippen LogP contribution >= 0.6 is 11.3 Å². The Bertz CT molecular complexity index is 2580. The summed E-state index contributed by atoms with van der Waals surface area (Å²) < 4.78 is 27.1. The Balaban J connectivity index is 1.41. The van der Waals surface area contributed by atoms with Crippen LogP contribution in [-0.2, 0) is 15.4 Å². The van der Waals surface area contributed by atoms with Crippen LogP contribution < -0.4 is 0 Å². The number of sulfone groups is 1. The lowest BCUT2D eigenvalue weighted by Crippen LogP contribution is -2.43. The summed E-state index contributed by atoms with van der Waals surface area (Å²) in [5.41, 5.74) is 6.71. The standard InChI is InChI=1S/C42H31N5O2S2/c1-51(48,49)39-23-22-38(50-39)41-35-25-30(20-21-37(35)44-28-45-41)36-27-47(46-40(36)31-13-11-12-29(24-31)26-43)42(32-14-5-2-6-15-32,33-16-7-3-8-17-33)34-18-9-4-10-19-34/h2-18,20-25,27-28,34H,19H2,1H3. The molecule has 7 nitrogen and oxygen atoms in total. The zero-order chi connectivity index (χ0) is 35.0. The molecule has 51 heavy (non-hydrogen) atoms. The maximum Gasteiger partial charge on any atom is 0.184 e. The first-order chi connectivity index (χ1) is 24.9. The average Bonchev–Trinajstić information content (AvgIpc) is 3.86. The molecule has 0 saturated carbocycles. The van der Waals surface area contributed by atoms with Crippen molar-refractivity contribution in [1.29, 1.82) is 5.26 Å². The molecule has 1 atom stereocenters. The normalized spacial score (nSPS) is 14.5. The third-order valence-corrected chi connectivity index (χ3v) is 12.3. The van der Waals surface area contributed by atoms with Gasteiger partial charge in [0.1, 0.15) is 21.8 Å². The molecular formula is C42H31N5O2S2. The lowest BCUT2D eigenvalue weighted by Gasteiger charge is -2.41. The van der Waals surface area contributed by atoms with E-state index in [2.05, 4.69) is 106 Å². The van der Waals surface area contributed by atoms with E-state index in [0.29, 0.717) is 11.3 Å². The van der Waals surface area contributed by atoms with Crippen molar-refractivity contribution in [2.45, 2.75) is 16.2 Å². The Morgan fingerprint density at radius 2 is 1.59 bits per heavy atom. The smallest absolute Gasteiger partial charge is 0.184 e. The van der Waals surface area contributed by atoms with E-state index in [-0.39, 0.29) is 10.1 Å². The number of benzene rings is 4. The number of allylic oxidation sites excluding steroid dienone is 4. The maximum atomic E-state index is 12.3. The third kappa shape index (κ3) is 5.78. The van der Waals surface area contributed by atoms with Crippen molar-refractivity contribution < 1.29 is 8.42 Å². The largest absolute Gasteiger partial charge is 0.256 e. The van der Waals surface area contributed by atoms with Crippen LogP contribution in [0.1, 0.15) is 23.1 Å². The van der Waals surface area contributed by atoms with Gasteiger partial charge < -0.3 is 0 Å². The van der Waals surface area contributed by atoms with E-state index < -0.39 is 15.4 Å². The third-order valence-electron chi connectivity index (χ3n) is 9.41. The molecule has 0 saturated heterocycles. The minimum Gasteiger partial charge on any atom is -0.256 e. The number of hydrogen-bond donors (Lipinski definition) is 0. The van der Waals surface area contributed by atoms with Crippen LogP contribution in [0.4, 0.5) is 0 Å². The van der Waals surface area contributed by atoms with E-state index >= 15 is 0 Å². The van der Waals surface area contributed by atoms with Gasteiger partial charge in [0, 0.05) is 34.9 Å². The first-order valence-electron chi connectivity index (χ1n) is 16.5. The molecule has 4 aromatic carbocycles. The minimum atomic E-state index is -3.37. The second-order valence-corrected chi connectivity index (χ2v) is 15.9. The molecular weight excluding hydrogens is 671 g/mol. The Kier molecular flexibility index (Phi) is 8.27. The lowest BCUT2D eigenvalue weighted by molar-refractivity contribution is 0.293. The van der Waals surface area contributed by atoms with Gasteiger partial charge in [-0.25, -0.2) is 18.4 Å². The average molecular weight is 702 g/mol. The number of thiophene rings is 1. The number of aromatic nitrogens is 4. The van der Waals surface area contributed by atoms with E-state index in [1.54, 1.807) is 18.2 Å². The fraction of sp³-hybridized carbons (Fsp3) is 0.0952. The summed E-state index contributed by atoms with van der Waals surface area (Å²) in [6.45, 7) is 0. The quantitative estimate of drug-likeness (QED) is 0.157. The molecule has 248 valence electrons. The molecule has 3 aromatic heterocycles. The molecule has 0 radical (unpaired) electrons. The van der Waals surface area contributed by atoms with Crippen LogP contribution in [0.5, 0.6) is 0 Å². The van der Waals surface area contributed by atoms with Crippen molar-refractivity contribution in [1.82, 2.24) is 19.7 Å². The van der Waals surface area contributed by atoms with Crippen LogP contribution in [0.2, 0.25) is 0 Å². The van der Waals surface area contributed by atoms with E-state index in [0.717, 1.165) is 55.7 Å². The fourth-order valence-corrected chi connectivity index (χ4v) is 9.02. The van der Waals surface area contributed by atoms with Gasteiger partial charge in [-0.2, -0.15) is 10.4 Å². The number of rotatable bonds is 8. The molecule has 0 N–H and O–H groups in total. The van der Waals surface area contributed by atoms with Gasteiger partial charge in [-0.15, -0.1) is 11.3 Å². The highest BCUT2D eigenvalue weighted by Gasteiger charge is 2.44. The summed E-state index contributed by atoms with van der Waals surface area (Å²) in [6.07, 6.45) is 14.3. The van der Waals surface area contributed by atoms with Gasteiger partial charge in [-0.1, -0.05) is 103 Å². The van der Waals surface area contributed by atoms with Gasteiger partial charge in [0.05, 0.1) is 27.7 Å². The highest BCUT2D eigenvalue weighted by Crippen LogP contribution is 2.46. The molecule has 1 aliphatic carbocycles. The second kappa shape index (κ2) is 13.1. The molecule has 1 unspecified atom stereocenters. The van der Waals surface area contributed by atoms with Gasteiger partial charge >= 0.3 is 0 Å². The predicted molar refractivity (Wildman–Crippen MR) is 203 cm³/mol. The van der Waals surface area contributed by atoms with Gasteiger partial charge in [-0.3, -0.25) is 4.68 Å². The molecule has 0 bridgehead atoms. The van der Waals surface area contributed by atoms with Gasteiger partial charge in [0.2, 0.25) is 0 Å². The highest BCUT2D eigenvalue weighted by molar-refractivity contribution is 7.92. The van der Waals surface area contributed by atoms with Crippen LogP contribution in [0.3, 0.4) is 0 Å². The second-order valence-electron chi connectivity index (χ2n) is 12.5. The Hall–Kier alpha value is -5.95. The topological polar surface area (TPSA) is 102 Å². The predicted octanol–water partition coefficient (Wildman–Crippen LogP) is 9.09. The van der Waals surface area contributed by atoms with Crippen LogP contribution in [0.25, 0.3) is 43.9 Å². The molecule has 8 rings (SSSR count). The lowest BCUT2D eigenvalue weighted by atomic mass is 9.70. The van der Waals surface area contributed by atoms with Crippen LogP contribution in [0, 0.1) is 17.2 Å². The van der Waals surface area contributed by atoms with Crippen LogP contribution in [-0.4, -0.2) is 34.4 Å². The van der Waals surface area contributed by atoms with E-state index in [9.17, 15) is 13.7 Å². The zero-order valence-corrected chi connectivity index (χ0v) is 29.2. The minimum absolute atomic E-state index is 0.0258. The fourth-order valence-electron chi connectivity index (χ4n) is 7.09. The molecule has 0 spiro atoms. The Morgan fingerprint density at radius 1 is 0.824 bits per heavy atom. The summed E-state index contributed by atoms with van der Waals surface area (Å²) in [6, 6.07) is 40.3. The molecule has 7 aromatic rings. The SMILES string of the molecule is CS(=O)(=O)c1ccc(-c2ncnc3ccc(-c4cn(C(c5ccccc5)(c5ccccc5)C5C=CC=CC5)nc4-c4cccc(C#N)c4)cc23)s1. The summed E-state index contributed by atoms with van der Waals surface area (Å²) in [5, 5.41) is 16.1. The highest BCUT2D eigenvalue weighted by atomic mass is 32.2. The number of nitrogens with zero attached hydrogens (tertiary/aromatic N) is 5. The van der Waals surface area contributed by atoms with Gasteiger partial charge in [0.25, 0.3) is 0 Å². The molecule has 0 aliphatic heterocycles. The molecule has 0 amide bonds. The Morgan fingerprint density at radius 3 is 2.25 bits per heavy atom. The van der Waals surface area contributed by atoms with Gasteiger partial charge in [-0.05, 0) is 59.5 Å². The van der Waals surface area contributed by atoms with Crippen molar-refractivity contribution in [3.05, 3.63) is 169 Å². The summed E-state index contributed by atoms with van der Waals surface area (Å²) in [4.78, 5) is 9.92. The summed E-state index contributed by atoms with van der Waals surface area (Å²) in [5.74, 6) is 0.0258. The first-order valence-corrected chi connectivity index (χ1v) is 19.2. The first kappa shape index (κ1) is 32.3. The summed E-state index contributed by atoms with van der Waals surface area (Å²) in [7, 11) is -3.37.